The lowest BCUT2D eigenvalue weighted by molar-refractivity contribution is 0.342. The highest BCUT2D eigenvalue weighted by atomic mass is 35.5. The molecule has 0 aromatic carbocycles. The van der Waals surface area contributed by atoms with Crippen molar-refractivity contribution in [2.75, 3.05) is 12.4 Å². The number of alkyl halides is 1. The number of hydrogen-bond donors (Lipinski definition) is 1. The highest BCUT2D eigenvalue weighted by Gasteiger charge is 2.34. The summed E-state index contributed by atoms with van der Waals surface area (Å²) < 4.78 is 39.6. The number of nitrogens with one attached hydrogen (secondary N) is 1. The Hall–Kier alpha value is -0.720. The Morgan fingerprint density at radius 1 is 1.37 bits per heavy atom. The van der Waals surface area contributed by atoms with Gasteiger partial charge in [-0.05, 0) is 24.3 Å². The standard InChI is InChI=1S/C12H16ClFN2O2S/c13-8-12(3-1-2-4-12)9-16-19(17,18)11-5-10(14)6-15-7-11/h5-7,16H,1-4,8-9H2. The number of halogens is 2. The van der Waals surface area contributed by atoms with Gasteiger partial charge < -0.3 is 0 Å². The molecule has 0 aliphatic heterocycles. The van der Waals surface area contributed by atoms with Crippen LogP contribution >= 0.6 is 11.6 Å². The Balaban J connectivity index is 2.09. The second kappa shape index (κ2) is 5.73. The summed E-state index contributed by atoms with van der Waals surface area (Å²) in [7, 11) is -3.73. The summed E-state index contributed by atoms with van der Waals surface area (Å²) >= 11 is 5.96. The molecule has 1 aromatic rings. The smallest absolute Gasteiger partial charge is 0.242 e. The lowest BCUT2D eigenvalue weighted by atomic mass is 9.89. The topological polar surface area (TPSA) is 59.1 Å². The predicted molar refractivity (Wildman–Crippen MR) is 71.0 cm³/mol. The molecular formula is C12H16ClFN2O2S. The van der Waals surface area contributed by atoms with E-state index in [1.54, 1.807) is 0 Å². The van der Waals surface area contributed by atoms with E-state index >= 15 is 0 Å². The Labute approximate surface area is 117 Å². The summed E-state index contributed by atoms with van der Waals surface area (Å²) in [4.78, 5) is 3.39. The number of pyridine rings is 1. The second-order valence-corrected chi connectivity index (χ2v) is 7.04. The Morgan fingerprint density at radius 2 is 2.05 bits per heavy atom. The summed E-state index contributed by atoms with van der Waals surface area (Å²) in [6, 6.07) is 0.956. The molecule has 0 atom stereocenters. The van der Waals surface area contributed by atoms with Gasteiger partial charge in [-0.1, -0.05) is 12.8 Å². The third-order valence-corrected chi connectivity index (χ3v) is 5.51. The van der Waals surface area contributed by atoms with Crippen LogP contribution < -0.4 is 4.72 Å². The fraction of sp³-hybridized carbons (Fsp3) is 0.583. The zero-order chi connectivity index (χ0) is 13.9. The van der Waals surface area contributed by atoms with Gasteiger partial charge in [0.1, 0.15) is 10.7 Å². The molecule has 1 N–H and O–H groups in total. The zero-order valence-corrected chi connectivity index (χ0v) is 12.0. The van der Waals surface area contributed by atoms with E-state index in [4.69, 9.17) is 11.6 Å². The van der Waals surface area contributed by atoms with E-state index in [0.717, 1.165) is 44.1 Å². The van der Waals surface area contributed by atoms with E-state index in [2.05, 4.69) is 9.71 Å². The van der Waals surface area contributed by atoms with Crippen LogP contribution in [0.1, 0.15) is 25.7 Å². The van der Waals surface area contributed by atoms with Gasteiger partial charge >= 0.3 is 0 Å². The largest absolute Gasteiger partial charge is 0.260 e. The van der Waals surface area contributed by atoms with Gasteiger partial charge in [-0.2, -0.15) is 0 Å². The van der Waals surface area contributed by atoms with Crippen molar-refractivity contribution in [3.63, 3.8) is 0 Å². The molecule has 1 saturated carbocycles. The van der Waals surface area contributed by atoms with Gasteiger partial charge in [-0.25, -0.2) is 17.5 Å². The Bertz CT molecular complexity index is 544. The highest BCUT2D eigenvalue weighted by molar-refractivity contribution is 7.89. The van der Waals surface area contributed by atoms with E-state index in [1.165, 1.54) is 0 Å². The monoisotopic (exact) mass is 306 g/mol. The first-order valence-corrected chi connectivity index (χ1v) is 8.15. The van der Waals surface area contributed by atoms with Crippen molar-refractivity contribution < 1.29 is 12.8 Å². The third-order valence-electron chi connectivity index (χ3n) is 3.57. The number of hydrogen-bond acceptors (Lipinski definition) is 3. The molecule has 0 bridgehead atoms. The zero-order valence-electron chi connectivity index (χ0n) is 10.4. The molecule has 1 fully saturated rings. The van der Waals surface area contributed by atoms with Gasteiger partial charge in [-0.15, -0.1) is 11.6 Å². The molecule has 2 rings (SSSR count). The van der Waals surface area contributed by atoms with E-state index in [1.807, 2.05) is 0 Å². The maximum atomic E-state index is 13.0. The molecule has 4 nitrogen and oxygen atoms in total. The third kappa shape index (κ3) is 3.43. The van der Waals surface area contributed by atoms with Gasteiger partial charge in [0.25, 0.3) is 0 Å². The van der Waals surface area contributed by atoms with Crippen LogP contribution in [0.25, 0.3) is 0 Å². The molecule has 0 spiro atoms. The first-order chi connectivity index (χ1) is 8.97. The maximum Gasteiger partial charge on any atom is 0.242 e. The van der Waals surface area contributed by atoms with E-state index in [0.29, 0.717) is 5.88 Å². The molecule has 0 radical (unpaired) electrons. The van der Waals surface area contributed by atoms with E-state index in [9.17, 15) is 12.8 Å². The molecule has 1 aliphatic rings. The van der Waals surface area contributed by atoms with Gasteiger partial charge in [-0.3, -0.25) is 4.98 Å². The van der Waals surface area contributed by atoms with Gasteiger partial charge in [0.05, 0.1) is 6.20 Å². The van der Waals surface area contributed by atoms with Crippen LogP contribution in [0.2, 0.25) is 0 Å². The van der Waals surface area contributed by atoms with Crippen LogP contribution in [0.15, 0.2) is 23.4 Å². The first kappa shape index (κ1) is 14.7. The molecule has 0 amide bonds. The van der Waals surface area contributed by atoms with E-state index in [-0.39, 0.29) is 16.9 Å². The molecular weight excluding hydrogens is 291 g/mol. The van der Waals surface area contributed by atoms with Crippen LogP contribution in [0, 0.1) is 11.2 Å². The SMILES string of the molecule is O=S(=O)(NCC1(CCl)CCCC1)c1cncc(F)c1. The number of rotatable bonds is 5. The van der Waals surface area contributed by atoms with Gasteiger partial charge in [0.15, 0.2) is 0 Å². The minimum absolute atomic E-state index is 0.157. The molecule has 0 saturated heterocycles. The van der Waals surface area contributed by atoms with Crippen molar-refractivity contribution in [2.24, 2.45) is 5.41 Å². The second-order valence-electron chi connectivity index (χ2n) is 5.00. The van der Waals surface area contributed by atoms with Crippen molar-refractivity contribution in [1.29, 1.82) is 0 Å². The van der Waals surface area contributed by atoms with Gasteiger partial charge in [0, 0.05) is 18.6 Å². The van der Waals surface area contributed by atoms with Gasteiger partial charge in [0.2, 0.25) is 10.0 Å². The molecule has 1 aromatic heterocycles. The molecule has 106 valence electrons. The number of aromatic nitrogens is 1. The maximum absolute atomic E-state index is 13.0. The average molecular weight is 307 g/mol. The minimum atomic E-state index is -3.73. The average Bonchev–Trinajstić information content (AvgIpc) is 2.86. The summed E-state index contributed by atoms with van der Waals surface area (Å²) in [6.07, 6.45) is 6.07. The molecule has 19 heavy (non-hydrogen) atoms. The molecule has 1 aliphatic carbocycles. The summed E-state index contributed by atoms with van der Waals surface area (Å²) in [5.74, 6) is -0.243. The highest BCUT2D eigenvalue weighted by Crippen LogP contribution is 2.38. The van der Waals surface area contributed by atoms with Crippen LogP contribution in [0.4, 0.5) is 4.39 Å². The molecule has 0 unspecified atom stereocenters. The normalized spacial score (nSPS) is 18.6. The lowest BCUT2D eigenvalue weighted by Gasteiger charge is -2.26. The van der Waals surface area contributed by atoms with Crippen molar-refractivity contribution in [2.45, 2.75) is 30.6 Å². The van der Waals surface area contributed by atoms with Crippen LogP contribution in [0.5, 0.6) is 0 Å². The number of nitrogens with zero attached hydrogens (tertiary/aromatic N) is 1. The lowest BCUT2D eigenvalue weighted by Crippen LogP contribution is -2.37. The molecule has 7 heteroatoms. The fourth-order valence-electron chi connectivity index (χ4n) is 2.35. The summed E-state index contributed by atoms with van der Waals surface area (Å²) in [5, 5.41) is 0. The fourth-order valence-corrected chi connectivity index (χ4v) is 3.85. The van der Waals surface area contributed by atoms with Crippen molar-refractivity contribution in [3.8, 4) is 0 Å². The number of sulfonamides is 1. The Kier molecular flexibility index (Phi) is 4.43. The quantitative estimate of drug-likeness (QED) is 0.849. The Morgan fingerprint density at radius 3 is 2.63 bits per heavy atom. The summed E-state index contributed by atoms with van der Waals surface area (Å²) in [6.45, 7) is 0.287. The van der Waals surface area contributed by atoms with Crippen molar-refractivity contribution in [1.82, 2.24) is 9.71 Å². The first-order valence-electron chi connectivity index (χ1n) is 6.14. The minimum Gasteiger partial charge on any atom is -0.260 e. The summed E-state index contributed by atoms with van der Waals surface area (Å²) in [5.41, 5.74) is -0.171. The predicted octanol–water partition coefficient (Wildman–Crippen LogP) is 2.30. The van der Waals surface area contributed by atoms with Crippen molar-refractivity contribution in [3.05, 3.63) is 24.3 Å². The van der Waals surface area contributed by atoms with Crippen LogP contribution in [-0.4, -0.2) is 25.8 Å². The van der Waals surface area contributed by atoms with Crippen LogP contribution in [0.3, 0.4) is 0 Å². The van der Waals surface area contributed by atoms with Crippen molar-refractivity contribution >= 4 is 21.6 Å². The molecule has 1 heterocycles. The van der Waals surface area contributed by atoms with E-state index < -0.39 is 15.8 Å². The van der Waals surface area contributed by atoms with Crippen LogP contribution in [-0.2, 0) is 10.0 Å².